The highest BCUT2D eigenvalue weighted by Crippen LogP contribution is 2.25. The quantitative estimate of drug-likeness (QED) is 0.686. The Bertz CT molecular complexity index is 1090. The monoisotopic (exact) mass is 460 g/mol. The number of benzene rings is 2. The summed E-state index contributed by atoms with van der Waals surface area (Å²) in [6.45, 7) is 11.2. The molecule has 1 aliphatic rings. The van der Waals surface area contributed by atoms with E-state index in [1.54, 1.807) is 19.1 Å². The van der Waals surface area contributed by atoms with E-state index in [9.17, 15) is 13.2 Å². The van der Waals surface area contributed by atoms with E-state index in [0.29, 0.717) is 37.6 Å². The Hall–Kier alpha value is -2.42. The summed E-state index contributed by atoms with van der Waals surface area (Å²) in [5.41, 5.74) is 5.28. The van der Waals surface area contributed by atoms with E-state index in [0.717, 1.165) is 11.1 Å². The second-order valence-electron chi connectivity index (χ2n) is 8.31. The molecule has 0 unspecified atom stereocenters. The maximum absolute atomic E-state index is 12.8. The molecule has 1 heterocycles. The predicted molar refractivity (Wildman–Crippen MR) is 123 cm³/mol. The number of amides is 1. The van der Waals surface area contributed by atoms with E-state index in [1.165, 1.54) is 21.5 Å². The van der Waals surface area contributed by atoms with Crippen LogP contribution in [0.5, 0.6) is 5.75 Å². The van der Waals surface area contributed by atoms with Crippen molar-refractivity contribution in [3.05, 3.63) is 58.1 Å². The average Bonchev–Trinajstić information content (AvgIpc) is 2.75. The number of ether oxygens (including phenoxy) is 2. The van der Waals surface area contributed by atoms with Gasteiger partial charge >= 0.3 is 0 Å². The third-order valence-corrected chi connectivity index (χ3v) is 7.73. The third kappa shape index (κ3) is 5.49. The maximum Gasteiger partial charge on any atom is 0.258 e. The van der Waals surface area contributed by atoms with Crippen LogP contribution in [0.4, 0.5) is 0 Å². The highest BCUT2D eigenvalue weighted by Gasteiger charge is 2.26. The van der Waals surface area contributed by atoms with Crippen LogP contribution in [-0.4, -0.2) is 51.5 Å². The van der Waals surface area contributed by atoms with Crippen LogP contribution >= 0.6 is 0 Å². The molecule has 0 spiro atoms. The molecule has 1 saturated heterocycles. The number of rotatable bonds is 7. The molecule has 174 valence electrons. The van der Waals surface area contributed by atoms with Gasteiger partial charge in [0.25, 0.3) is 5.91 Å². The van der Waals surface area contributed by atoms with Crippen LogP contribution in [0, 0.1) is 27.7 Å². The van der Waals surface area contributed by atoms with Crippen LogP contribution < -0.4 is 10.1 Å². The summed E-state index contributed by atoms with van der Waals surface area (Å²) in [5, 5.41) is 2.97. The number of aryl methyl sites for hydroxylation is 4. The van der Waals surface area contributed by atoms with Crippen molar-refractivity contribution in [3.8, 4) is 5.75 Å². The zero-order chi connectivity index (χ0) is 23.5. The normalized spacial score (nSPS) is 15.9. The lowest BCUT2D eigenvalue weighted by Crippen LogP contribution is -2.40. The van der Waals surface area contributed by atoms with Gasteiger partial charge in [-0.15, -0.1) is 0 Å². The standard InChI is InChI=1S/C24H32N2O5S/c1-16-12-18(3)22(14-17(16)2)20(5)25-24(27)15-31-23-7-6-21(13-19(23)4)32(28,29)26-8-10-30-11-9-26/h6-7,12-14,20H,8-11,15H2,1-5H3,(H,25,27)/t20-/m1/s1. The van der Waals surface area contributed by atoms with Crippen LogP contribution in [0.3, 0.4) is 0 Å². The topological polar surface area (TPSA) is 84.9 Å². The molecule has 1 aliphatic heterocycles. The number of morpholine rings is 1. The molecule has 2 aromatic rings. The van der Waals surface area contributed by atoms with E-state index in [-0.39, 0.29) is 23.5 Å². The number of nitrogens with zero attached hydrogens (tertiary/aromatic N) is 1. The van der Waals surface area contributed by atoms with Crippen LogP contribution in [0.2, 0.25) is 0 Å². The lowest BCUT2D eigenvalue weighted by molar-refractivity contribution is -0.123. The molecule has 0 aliphatic carbocycles. The number of sulfonamides is 1. The minimum atomic E-state index is -3.57. The molecular weight excluding hydrogens is 428 g/mol. The van der Waals surface area contributed by atoms with Crippen molar-refractivity contribution in [2.24, 2.45) is 0 Å². The molecule has 0 radical (unpaired) electrons. The van der Waals surface area contributed by atoms with E-state index in [2.05, 4.69) is 31.3 Å². The first-order chi connectivity index (χ1) is 15.1. The molecule has 1 atom stereocenters. The second-order valence-corrected chi connectivity index (χ2v) is 10.3. The largest absolute Gasteiger partial charge is 0.484 e. The average molecular weight is 461 g/mol. The molecule has 1 N–H and O–H groups in total. The van der Waals surface area contributed by atoms with E-state index < -0.39 is 10.0 Å². The highest BCUT2D eigenvalue weighted by atomic mass is 32.2. The number of carbonyl (C=O) groups excluding carboxylic acids is 1. The van der Waals surface area contributed by atoms with Crippen LogP contribution in [0.1, 0.15) is 40.8 Å². The first kappa shape index (κ1) is 24.2. The summed E-state index contributed by atoms with van der Waals surface area (Å²) >= 11 is 0. The summed E-state index contributed by atoms with van der Waals surface area (Å²) in [4.78, 5) is 12.7. The fraction of sp³-hybridized carbons (Fsp3) is 0.458. The van der Waals surface area contributed by atoms with Gasteiger partial charge in [-0.1, -0.05) is 12.1 Å². The molecule has 3 rings (SSSR count). The molecule has 0 saturated carbocycles. The van der Waals surface area contributed by atoms with Crippen molar-refractivity contribution in [1.29, 1.82) is 0 Å². The Kier molecular flexibility index (Phi) is 7.59. The smallest absolute Gasteiger partial charge is 0.258 e. The molecule has 1 amide bonds. The lowest BCUT2D eigenvalue weighted by atomic mass is 9.96. The summed E-state index contributed by atoms with van der Waals surface area (Å²) in [7, 11) is -3.57. The number of carbonyl (C=O) groups is 1. The van der Waals surface area contributed by atoms with Gasteiger partial charge < -0.3 is 14.8 Å². The van der Waals surface area contributed by atoms with Crippen molar-refractivity contribution in [1.82, 2.24) is 9.62 Å². The number of nitrogens with one attached hydrogen (secondary N) is 1. The van der Waals surface area contributed by atoms with Crippen LogP contribution in [0.25, 0.3) is 0 Å². The second kappa shape index (κ2) is 10.0. The highest BCUT2D eigenvalue weighted by molar-refractivity contribution is 7.89. The number of hydrogen-bond donors (Lipinski definition) is 1. The summed E-state index contributed by atoms with van der Waals surface area (Å²) in [6, 6.07) is 8.79. The molecule has 1 fully saturated rings. The summed E-state index contributed by atoms with van der Waals surface area (Å²) in [6.07, 6.45) is 0. The van der Waals surface area contributed by atoms with Crippen LogP contribution in [0.15, 0.2) is 35.2 Å². The fourth-order valence-electron chi connectivity index (χ4n) is 3.83. The zero-order valence-corrected chi connectivity index (χ0v) is 20.2. The molecule has 32 heavy (non-hydrogen) atoms. The molecule has 7 nitrogen and oxygen atoms in total. The van der Waals surface area contributed by atoms with E-state index >= 15 is 0 Å². The van der Waals surface area contributed by atoms with Gasteiger partial charge in [0.05, 0.1) is 24.2 Å². The van der Waals surface area contributed by atoms with E-state index in [4.69, 9.17) is 9.47 Å². The molecule has 8 heteroatoms. The van der Waals surface area contributed by atoms with Gasteiger partial charge in [0.2, 0.25) is 10.0 Å². The minimum absolute atomic E-state index is 0.146. The Labute approximate surface area is 190 Å². The first-order valence-electron chi connectivity index (χ1n) is 10.8. The van der Waals surface area contributed by atoms with Crippen molar-refractivity contribution in [2.45, 2.75) is 45.6 Å². The minimum Gasteiger partial charge on any atom is -0.484 e. The van der Waals surface area contributed by atoms with Gasteiger partial charge in [0.15, 0.2) is 6.61 Å². The molecule has 0 aromatic heterocycles. The molecule has 2 aromatic carbocycles. The first-order valence-corrected chi connectivity index (χ1v) is 12.2. The lowest BCUT2D eigenvalue weighted by Gasteiger charge is -2.26. The SMILES string of the molecule is Cc1cc(C)c([C@@H](C)NC(=O)COc2ccc(S(=O)(=O)N3CCOCC3)cc2C)cc1C. The van der Waals surface area contributed by atoms with Crippen molar-refractivity contribution < 1.29 is 22.7 Å². The van der Waals surface area contributed by atoms with E-state index in [1.807, 2.05) is 13.8 Å². The van der Waals surface area contributed by atoms with Gasteiger partial charge in [0, 0.05) is 13.1 Å². The summed E-state index contributed by atoms with van der Waals surface area (Å²) in [5.74, 6) is 0.246. The number of hydrogen-bond acceptors (Lipinski definition) is 5. The van der Waals surface area contributed by atoms with Gasteiger partial charge in [-0.25, -0.2) is 8.42 Å². The fourth-order valence-corrected chi connectivity index (χ4v) is 5.33. The van der Waals surface area contributed by atoms with Crippen molar-refractivity contribution in [2.75, 3.05) is 32.9 Å². The Morgan fingerprint density at radius 1 is 1.03 bits per heavy atom. The van der Waals surface area contributed by atoms with Gasteiger partial charge in [-0.3, -0.25) is 4.79 Å². The van der Waals surface area contributed by atoms with Gasteiger partial charge in [-0.05, 0) is 80.6 Å². The third-order valence-electron chi connectivity index (χ3n) is 5.84. The molecule has 0 bridgehead atoms. The van der Waals surface area contributed by atoms with Crippen molar-refractivity contribution >= 4 is 15.9 Å². The Morgan fingerprint density at radius 2 is 1.69 bits per heavy atom. The molecular formula is C24H32N2O5S. The summed E-state index contributed by atoms with van der Waals surface area (Å²) < 4.78 is 38.0. The van der Waals surface area contributed by atoms with Crippen LogP contribution in [-0.2, 0) is 19.6 Å². The van der Waals surface area contributed by atoms with Gasteiger partial charge in [0.1, 0.15) is 5.75 Å². The maximum atomic E-state index is 12.8. The predicted octanol–water partition coefficient (Wildman–Crippen LogP) is 3.20. The Balaban J connectivity index is 1.62. The zero-order valence-electron chi connectivity index (χ0n) is 19.4. The Morgan fingerprint density at radius 3 is 2.34 bits per heavy atom. The van der Waals surface area contributed by atoms with Crippen molar-refractivity contribution in [3.63, 3.8) is 0 Å². The van der Waals surface area contributed by atoms with Gasteiger partial charge in [-0.2, -0.15) is 4.31 Å².